The van der Waals surface area contributed by atoms with Gasteiger partial charge in [-0.05, 0) is 44.7 Å². The van der Waals surface area contributed by atoms with Crippen molar-refractivity contribution >= 4 is 10.0 Å². The van der Waals surface area contributed by atoms with Crippen molar-refractivity contribution in [3.63, 3.8) is 0 Å². The molecule has 0 atom stereocenters. The summed E-state index contributed by atoms with van der Waals surface area (Å²) in [5, 5.41) is 3.13. The Morgan fingerprint density at radius 1 is 1.24 bits per heavy atom. The number of sulfonamides is 1. The van der Waals surface area contributed by atoms with Crippen LogP contribution in [0.4, 0.5) is 0 Å². The summed E-state index contributed by atoms with van der Waals surface area (Å²) in [6.45, 7) is 4.21. The van der Waals surface area contributed by atoms with Gasteiger partial charge in [-0.25, -0.2) is 8.42 Å². The Morgan fingerprint density at radius 3 is 2.48 bits per heavy atom. The molecule has 0 bridgehead atoms. The van der Waals surface area contributed by atoms with E-state index in [0.717, 1.165) is 31.4 Å². The molecule has 2 heterocycles. The monoisotopic (exact) mass is 311 g/mol. The van der Waals surface area contributed by atoms with E-state index in [1.54, 1.807) is 4.31 Å². The molecule has 3 rings (SSSR count). The van der Waals surface area contributed by atoms with Crippen molar-refractivity contribution in [3.8, 4) is 0 Å². The van der Waals surface area contributed by atoms with Crippen LogP contribution in [0.1, 0.15) is 44.3 Å². The number of nitrogens with one attached hydrogen (secondary N) is 1. The minimum atomic E-state index is -3.33. The van der Waals surface area contributed by atoms with Crippen molar-refractivity contribution in [3.05, 3.63) is 18.0 Å². The van der Waals surface area contributed by atoms with Crippen molar-refractivity contribution in [2.45, 2.75) is 50.1 Å². The summed E-state index contributed by atoms with van der Waals surface area (Å²) >= 11 is 0. The maximum atomic E-state index is 12.8. The first-order chi connectivity index (χ1) is 10.0. The fraction of sp³-hybridized carbons (Fsp3) is 0.733. The van der Waals surface area contributed by atoms with E-state index >= 15 is 0 Å². The number of nitrogens with zero attached hydrogens (tertiary/aromatic N) is 2. The van der Waals surface area contributed by atoms with Crippen molar-refractivity contribution in [1.29, 1.82) is 0 Å². The van der Waals surface area contributed by atoms with Gasteiger partial charge in [-0.1, -0.05) is 6.92 Å². The largest absolute Gasteiger partial charge is 0.346 e. The first kappa shape index (κ1) is 15.1. The average molecular weight is 311 g/mol. The SMILES string of the molecule is CNCc1cc(S(=O)(=O)N2CCC(C)CC2)cn1C1CC1. The smallest absolute Gasteiger partial charge is 0.244 e. The van der Waals surface area contributed by atoms with Crippen LogP contribution in [0.15, 0.2) is 17.2 Å². The molecule has 0 aromatic carbocycles. The fourth-order valence-corrected chi connectivity index (χ4v) is 4.55. The van der Waals surface area contributed by atoms with E-state index in [2.05, 4.69) is 16.8 Å². The molecule has 2 fully saturated rings. The first-order valence-corrected chi connectivity index (χ1v) is 9.32. The molecule has 1 N–H and O–H groups in total. The zero-order valence-corrected chi connectivity index (χ0v) is 13.7. The normalized spacial score (nSPS) is 21.8. The topological polar surface area (TPSA) is 54.3 Å². The third-order valence-electron chi connectivity index (χ3n) is 4.59. The van der Waals surface area contributed by atoms with E-state index in [1.807, 2.05) is 19.3 Å². The van der Waals surface area contributed by atoms with E-state index in [-0.39, 0.29) is 0 Å². The predicted octanol–water partition coefficient (Wildman–Crippen LogP) is 1.96. The Hall–Kier alpha value is -0.850. The summed E-state index contributed by atoms with van der Waals surface area (Å²) < 4.78 is 29.4. The molecule has 1 aliphatic heterocycles. The molecule has 0 radical (unpaired) electrons. The molecular weight excluding hydrogens is 286 g/mol. The summed E-state index contributed by atoms with van der Waals surface area (Å²) in [5.74, 6) is 0.632. The van der Waals surface area contributed by atoms with E-state index in [9.17, 15) is 8.42 Å². The molecule has 6 heteroatoms. The van der Waals surface area contributed by atoms with E-state index in [1.165, 1.54) is 0 Å². The van der Waals surface area contributed by atoms with Gasteiger partial charge < -0.3 is 9.88 Å². The van der Waals surface area contributed by atoms with Gasteiger partial charge in [-0.3, -0.25) is 0 Å². The fourth-order valence-electron chi connectivity index (χ4n) is 3.03. The Kier molecular flexibility index (Phi) is 4.12. The number of aromatic nitrogens is 1. The summed E-state index contributed by atoms with van der Waals surface area (Å²) in [7, 11) is -1.43. The number of hydrogen-bond donors (Lipinski definition) is 1. The highest BCUT2D eigenvalue weighted by Crippen LogP contribution is 2.37. The van der Waals surface area contributed by atoms with Crippen LogP contribution in [0.5, 0.6) is 0 Å². The Labute approximate surface area is 127 Å². The van der Waals surface area contributed by atoms with Crippen molar-refractivity contribution < 1.29 is 8.42 Å². The van der Waals surface area contributed by atoms with Crippen LogP contribution in [0, 0.1) is 5.92 Å². The van der Waals surface area contributed by atoms with Crippen LogP contribution in [0.3, 0.4) is 0 Å². The molecule has 0 unspecified atom stereocenters. The van der Waals surface area contributed by atoms with Crippen LogP contribution >= 0.6 is 0 Å². The summed E-state index contributed by atoms with van der Waals surface area (Å²) in [4.78, 5) is 0.467. The Balaban J connectivity index is 1.86. The molecule has 2 aliphatic rings. The molecule has 1 aromatic heterocycles. The molecule has 118 valence electrons. The van der Waals surface area contributed by atoms with Gasteiger partial charge in [0.15, 0.2) is 0 Å². The minimum absolute atomic E-state index is 0.467. The zero-order chi connectivity index (χ0) is 15.0. The molecule has 0 spiro atoms. The van der Waals surface area contributed by atoms with Crippen LogP contribution in [-0.2, 0) is 16.6 Å². The van der Waals surface area contributed by atoms with Gasteiger partial charge in [-0.15, -0.1) is 0 Å². The van der Waals surface area contributed by atoms with Crippen LogP contribution in [0.2, 0.25) is 0 Å². The molecule has 1 aliphatic carbocycles. The lowest BCUT2D eigenvalue weighted by atomic mass is 10.0. The lowest BCUT2D eigenvalue weighted by molar-refractivity contribution is 0.288. The van der Waals surface area contributed by atoms with Crippen LogP contribution in [0.25, 0.3) is 0 Å². The Morgan fingerprint density at radius 2 is 1.90 bits per heavy atom. The lowest BCUT2D eigenvalue weighted by Crippen LogP contribution is -2.37. The number of hydrogen-bond acceptors (Lipinski definition) is 3. The Bertz CT molecular complexity index is 596. The van der Waals surface area contributed by atoms with Gasteiger partial charge in [0.2, 0.25) is 10.0 Å². The van der Waals surface area contributed by atoms with Crippen LogP contribution < -0.4 is 5.32 Å². The van der Waals surface area contributed by atoms with E-state index < -0.39 is 10.0 Å². The third kappa shape index (κ3) is 3.03. The maximum Gasteiger partial charge on any atom is 0.244 e. The average Bonchev–Trinajstić information content (AvgIpc) is 3.21. The molecule has 1 saturated heterocycles. The van der Waals surface area contributed by atoms with Gasteiger partial charge in [0.25, 0.3) is 0 Å². The summed E-state index contributed by atoms with van der Waals surface area (Å²) in [6.07, 6.45) is 6.09. The highest BCUT2D eigenvalue weighted by atomic mass is 32.2. The minimum Gasteiger partial charge on any atom is -0.346 e. The quantitative estimate of drug-likeness (QED) is 0.904. The van der Waals surface area contributed by atoms with Crippen molar-refractivity contribution in [2.75, 3.05) is 20.1 Å². The van der Waals surface area contributed by atoms with Gasteiger partial charge >= 0.3 is 0 Å². The highest BCUT2D eigenvalue weighted by molar-refractivity contribution is 7.89. The third-order valence-corrected chi connectivity index (χ3v) is 6.45. The van der Waals surface area contributed by atoms with Gasteiger partial charge in [0, 0.05) is 37.6 Å². The second-order valence-electron chi connectivity index (χ2n) is 6.42. The van der Waals surface area contributed by atoms with E-state index in [4.69, 9.17) is 0 Å². The first-order valence-electron chi connectivity index (χ1n) is 7.88. The van der Waals surface area contributed by atoms with Gasteiger partial charge in [-0.2, -0.15) is 4.31 Å². The van der Waals surface area contributed by atoms with Gasteiger partial charge in [0.05, 0.1) is 0 Å². The zero-order valence-electron chi connectivity index (χ0n) is 12.9. The van der Waals surface area contributed by atoms with Crippen molar-refractivity contribution in [1.82, 2.24) is 14.2 Å². The predicted molar refractivity (Wildman–Crippen MR) is 82.6 cm³/mol. The molecule has 1 saturated carbocycles. The summed E-state index contributed by atoms with van der Waals surface area (Å²) in [6, 6.07) is 2.35. The highest BCUT2D eigenvalue weighted by Gasteiger charge is 2.32. The molecular formula is C15H25N3O2S. The molecule has 21 heavy (non-hydrogen) atoms. The lowest BCUT2D eigenvalue weighted by Gasteiger charge is -2.29. The second-order valence-corrected chi connectivity index (χ2v) is 8.36. The van der Waals surface area contributed by atoms with Crippen molar-refractivity contribution in [2.24, 2.45) is 5.92 Å². The molecule has 1 aromatic rings. The van der Waals surface area contributed by atoms with Gasteiger partial charge in [0.1, 0.15) is 4.90 Å². The molecule has 0 amide bonds. The van der Waals surface area contributed by atoms with E-state index in [0.29, 0.717) is 36.5 Å². The molecule has 5 nitrogen and oxygen atoms in total. The maximum absolute atomic E-state index is 12.8. The standard InChI is InChI=1S/C15H25N3O2S/c1-12-5-7-17(8-6-12)21(19,20)15-9-14(10-16-2)18(11-15)13-3-4-13/h9,11-13,16H,3-8,10H2,1-2H3. The summed E-state index contributed by atoms with van der Waals surface area (Å²) in [5.41, 5.74) is 1.07. The number of rotatable bonds is 5. The number of piperidine rings is 1. The van der Waals surface area contributed by atoms with Crippen LogP contribution in [-0.4, -0.2) is 37.4 Å². The second kappa shape index (κ2) is 5.74.